The van der Waals surface area contributed by atoms with Crippen molar-refractivity contribution >= 4 is 122 Å². The van der Waals surface area contributed by atoms with Crippen LogP contribution in [0.25, 0.3) is 114 Å². The number of anilines is 12. The molecule has 0 bridgehead atoms. The highest BCUT2D eigenvalue weighted by Gasteiger charge is 2.55. The second kappa shape index (κ2) is 29.1. The summed E-state index contributed by atoms with van der Waals surface area (Å²) in [6.07, 6.45) is 0. The molecule has 128 heavy (non-hydrogen) atoms. The van der Waals surface area contributed by atoms with Crippen molar-refractivity contribution in [3.63, 3.8) is 0 Å². The molecule has 2 aliphatic carbocycles. The molecule has 4 heterocycles. The number of aromatic nitrogens is 1. The van der Waals surface area contributed by atoms with Gasteiger partial charge in [-0.25, -0.2) is 0 Å². The molecule has 5 nitrogen and oxygen atoms in total. The summed E-state index contributed by atoms with van der Waals surface area (Å²) in [5.74, 6) is 0. The number of hydrogen-bond donors (Lipinski definition) is 0. The maximum absolute atomic E-state index is 2.56. The third-order valence-corrected chi connectivity index (χ3v) is 28.8. The van der Waals surface area contributed by atoms with Crippen LogP contribution >= 0.6 is 11.3 Å². The van der Waals surface area contributed by atoms with E-state index in [2.05, 4.69) is 503 Å². The van der Waals surface area contributed by atoms with Gasteiger partial charge in [-0.1, -0.05) is 346 Å². The van der Waals surface area contributed by atoms with E-state index in [1.54, 1.807) is 0 Å². The molecule has 0 unspecified atom stereocenters. The first-order valence-corrected chi connectivity index (χ1v) is 45.0. The average molecular weight is 1650 g/mol. The van der Waals surface area contributed by atoms with Gasteiger partial charge in [-0.2, -0.15) is 0 Å². The van der Waals surface area contributed by atoms with Crippen molar-refractivity contribution in [2.75, 3.05) is 19.6 Å². The summed E-state index contributed by atoms with van der Waals surface area (Å²) in [6, 6.07) is 179. The van der Waals surface area contributed by atoms with Crippen molar-refractivity contribution in [1.82, 2.24) is 4.57 Å². The number of benzene rings is 20. The van der Waals surface area contributed by atoms with Crippen LogP contribution in [-0.4, -0.2) is 4.57 Å². The number of hydrogen-bond acceptors (Lipinski definition) is 5. The van der Waals surface area contributed by atoms with Gasteiger partial charge in [-0.15, -0.1) is 11.3 Å². The maximum Gasteiger partial charge on any atom is 0.0755 e. The zero-order valence-corrected chi connectivity index (χ0v) is 70.6. The van der Waals surface area contributed by atoms with Crippen LogP contribution in [0.15, 0.2) is 479 Å². The molecule has 0 saturated carbocycles. The van der Waals surface area contributed by atoms with Gasteiger partial charge in [-0.3, -0.25) is 0 Å². The fourth-order valence-electron chi connectivity index (χ4n) is 22.3. The van der Waals surface area contributed by atoms with Crippen molar-refractivity contribution in [2.24, 2.45) is 0 Å². The largest absolute Gasteiger partial charge is 0.310 e. The smallest absolute Gasteiger partial charge is 0.0755 e. The van der Waals surface area contributed by atoms with E-state index in [0.29, 0.717) is 0 Å². The topological polar surface area (TPSA) is 17.9 Å². The van der Waals surface area contributed by atoms with E-state index in [-0.39, 0.29) is 0 Å². The Hall–Kier alpha value is -16.4. The van der Waals surface area contributed by atoms with E-state index in [0.717, 1.165) is 73.7 Å². The van der Waals surface area contributed by atoms with Gasteiger partial charge < -0.3 is 24.2 Å². The predicted molar refractivity (Wildman–Crippen MR) is 536 cm³/mol. The number of rotatable bonds is 13. The quantitative estimate of drug-likeness (QED) is 0.114. The van der Waals surface area contributed by atoms with E-state index >= 15 is 0 Å². The van der Waals surface area contributed by atoms with Crippen molar-refractivity contribution < 1.29 is 0 Å². The predicted octanol–water partition coefficient (Wildman–Crippen LogP) is 33.1. The Bertz CT molecular complexity index is 8050. The van der Waals surface area contributed by atoms with Crippen LogP contribution in [0.1, 0.15) is 44.5 Å². The Morgan fingerprint density at radius 3 is 1.05 bits per heavy atom. The molecular weight excluding hydrogens is 1570 g/mol. The molecule has 0 amide bonds. The molecule has 598 valence electrons. The van der Waals surface area contributed by atoms with Gasteiger partial charge in [0.15, 0.2) is 0 Å². The Morgan fingerprint density at radius 2 is 0.539 bits per heavy atom. The fourth-order valence-corrected chi connectivity index (χ4v) is 23.6. The van der Waals surface area contributed by atoms with Crippen molar-refractivity contribution in [3.8, 4) is 72.4 Å². The molecule has 6 heteroatoms. The van der Waals surface area contributed by atoms with Crippen LogP contribution in [0.3, 0.4) is 0 Å². The molecule has 2 aromatic heterocycles. The molecule has 0 fully saturated rings. The van der Waals surface area contributed by atoms with Gasteiger partial charge in [0.25, 0.3) is 0 Å². The van der Waals surface area contributed by atoms with Crippen LogP contribution in [-0.2, 0) is 10.8 Å². The molecule has 0 N–H and O–H groups in total. The Labute approximate surface area is 747 Å². The highest BCUT2D eigenvalue weighted by molar-refractivity contribution is 7.26. The summed E-state index contributed by atoms with van der Waals surface area (Å²) in [6.45, 7) is 0. The first-order valence-electron chi connectivity index (χ1n) is 44.2. The SMILES string of the molecule is c1ccc(-c2ccc(N(c3ccc(-n4c5ccccc5c5ccccc54)cc3)c3cccc4c3-c3ccccc3C43c4ccccc4N(c4ccc(-c5ccc6c(c5)sc5c(-c7ccccc7N(c7ccc(-c8ccccc8)cc7)c7cccc8c7-c7ccccc7C87c8ccccc8N(c8ccccc8)c8ccccc87)cccc56)cc4)c4ccccc43)cc2)cc1. The van der Waals surface area contributed by atoms with E-state index in [9.17, 15) is 0 Å². The van der Waals surface area contributed by atoms with E-state index in [1.165, 1.54) is 153 Å². The van der Waals surface area contributed by atoms with Gasteiger partial charge in [-0.05, 0) is 222 Å². The highest BCUT2D eigenvalue weighted by atomic mass is 32.1. The summed E-state index contributed by atoms with van der Waals surface area (Å²) >= 11 is 1.89. The third kappa shape index (κ3) is 10.8. The summed E-state index contributed by atoms with van der Waals surface area (Å²) < 4.78 is 4.90. The highest BCUT2D eigenvalue weighted by Crippen LogP contribution is 2.68. The zero-order valence-electron chi connectivity index (χ0n) is 69.8. The lowest BCUT2D eigenvalue weighted by atomic mass is 9.64. The molecule has 0 radical (unpaired) electrons. The number of nitrogens with zero attached hydrogens (tertiary/aromatic N) is 5. The molecule has 0 atom stereocenters. The van der Waals surface area contributed by atoms with E-state index in [1.807, 2.05) is 11.3 Å². The number of para-hydroxylation sites is 8. The molecule has 2 spiro atoms. The van der Waals surface area contributed by atoms with Crippen molar-refractivity contribution in [3.05, 3.63) is 524 Å². The number of thiophene rings is 1. The Kier molecular flexibility index (Phi) is 16.7. The van der Waals surface area contributed by atoms with Gasteiger partial charge >= 0.3 is 0 Å². The lowest BCUT2D eigenvalue weighted by molar-refractivity contribution is 0.752. The molecule has 2 aliphatic heterocycles. The first kappa shape index (κ1) is 73.2. The minimum Gasteiger partial charge on any atom is -0.310 e. The molecule has 20 aromatic carbocycles. The summed E-state index contributed by atoms with van der Waals surface area (Å²) in [5, 5.41) is 4.97. The standard InChI is InChI=1S/C122H79N5S/c1-4-31-80(32-5-1)82-61-68-87(69-62-82)123(88-74-76-91(77-75-88)124-108-52-21-12-37-92(108)93-38-13-22-53-109(93)124)115-59-29-50-106-118(115)98-40-10-15-44-100(98)121(106)104-48-19-26-57-113(104)127(114-58-27-20-49-105(114)121)90-72-65-84(66-73-90)85-67-78-95-97-43-28-42-96(120(97)128-117(95)79-85)94-39-14-23-54-110(94)125(89-70-63-83(64-71-89)81-33-6-2-7-34-81)116-60-30-51-107-119(116)99-41-11-16-45-101(99)122(107)102-46-17-24-55-111(102)126(86-35-8-3-9-36-86)112-56-25-18-47-103(112)122/h1-79H. The van der Waals surface area contributed by atoms with Gasteiger partial charge in [0.1, 0.15) is 0 Å². The zero-order chi connectivity index (χ0) is 84.1. The van der Waals surface area contributed by atoms with Crippen molar-refractivity contribution in [1.29, 1.82) is 0 Å². The molecule has 0 saturated heterocycles. The minimum atomic E-state index is -0.687. The Morgan fingerprint density at radius 1 is 0.203 bits per heavy atom. The van der Waals surface area contributed by atoms with Gasteiger partial charge in [0.2, 0.25) is 0 Å². The average Bonchev–Trinajstić information content (AvgIpc) is 1.49. The maximum atomic E-state index is 2.56. The summed E-state index contributed by atoms with van der Waals surface area (Å²) in [7, 11) is 0. The van der Waals surface area contributed by atoms with Gasteiger partial charge in [0.05, 0.1) is 61.7 Å². The first-order chi connectivity index (χ1) is 63.5. The third-order valence-electron chi connectivity index (χ3n) is 27.6. The van der Waals surface area contributed by atoms with E-state index in [4.69, 9.17) is 0 Å². The monoisotopic (exact) mass is 1650 g/mol. The Balaban J connectivity index is 0.573. The number of fused-ring (bicyclic) bond motifs is 24. The van der Waals surface area contributed by atoms with E-state index < -0.39 is 10.8 Å². The van der Waals surface area contributed by atoms with Crippen molar-refractivity contribution in [2.45, 2.75) is 10.8 Å². The second-order valence-electron chi connectivity index (χ2n) is 34.0. The minimum absolute atomic E-state index is 0.649. The lowest BCUT2D eigenvalue weighted by Crippen LogP contribution is -2.36. The normalized spacial score (nSPS) is 13.2. The molecular formula is C122H79N5S. The summed E-state index contributed by atoms with van der Waals surface area (Å²) in [5.41, 5.74) is 39.8. The van der Waals surface area contributed by atoms with Crippen LogP contribution in [0, 0.1) is 0 Å². The molecule has 22 aromatic rings. The molecule has 26 rings (SSSR count). The lowest BCUT2D eigenvalue weighted by Gasteiger charge is -2.45. The van der Waals surface area contributed by atoms with Crippen LogP contribution < -0.4 is 19.6 Å². The van der Waals surface area contributed by atoms with Crippen LogP contribution in [0.4, 0.5) is 68.2 Å². The van der Waals surface area contributed by atoms with Gasteiger partial charge in [0, 0.05) is 87.3 Å². The van der Waals surface area contributed by atoms with Crippen LogP contribution in [0.5, 0.6) is 0 Å². The fraction of sp³-hybridized carbons (Fsp3) is 0.0164. The summed E-state index contributed by atoms with van der Waals surface area (Å²) in [4.78, 5) is 10.0. The second-order valence-corrected chi connectivity index (χ2v) is 35.1. The molecule has 4 aliphatic rings. The van der Waals surface area contributed by atoms with Crippen LogP contribution in [0.2, 0.25) is 0 Å².